The first-order valence-corrected chi connectivity index (χ1v) is 7.61. The van der Waals surface area contributed by atoms with E-state index in [0.717, 1.165) is 0 Å². The molecule has 0 bridgehead atoms. The number of para-hydroxylation sites is 1. The van der Waals surface area contributed by atoms with Gasteiger partial charge >= 0.3 is 35.5 Å². The summed E-state index contributed by atoms with van der Waals surface area (Å²) in [5.74, 6) is 0.219. The normalized spacial score (nSPS) is 9.15. The molecule has 26 heavy (non-hydrogen) atoms. The van der Waals surface area contributed by atoms with E-state index in [9.17, 15) is 9.90 Å². The largest absolute Gasteiger partial charge is 1.00 e. The first-order chi connectivity index (χ1) is 12.1. The quantitative estimate of drug-likeness (QED) is 0.524. The van der Waals surface area contributed by atoms with Crippen molar-refractivity contribution in [2.24, 2.45) is 0 Å². The van der Waals surface area contributed by atoms with Crippen molar-refractivity contribution in [3.05, 3.63) is 77.7 Å². The molecule has 0 fully saturated rings. The van der Waals surface area contributed by atoms with Gasteiger partial charge < -0.3 is 15.2 Å². The summed E-state index contributed by atoms with van der Waals surface area (Å²) in [5.41, 5.74) is 0.997. The van der Waals surface area contributed by atoms with Crippen LogP contribution in [0.4, 0.5) is 11.5 Å². The molecule has 6 nitrogen and oxygen atoms in total. The molecule has 0 aliphatic rings. The molecule has 0 amide bonds. The third kappa shape index (κ3) is 7.01. The predicted molar refractivity (Wildman–Crippen MR) is 94.0 cm³/mol. The Bertz CT molecular complexity index is 820. The van der Waals surface area contributed by atoms with Crippen LogP contribution in [0.5, 0.6) is 5.75 Å². The van der Waals surface area contributed by atoms with Crippen LogP contribution in [0.2, 0.25) is 5.02 Å². The van der Waals surface area contributed by atoms with E-state index in [4.69, 9.17) is 11.6 Å². The van der Waals surface area contributed by atoms with Crippen molar-refractivity contribution in [1.82, 2.24) is 9.97 Å². The molecule has 128 valence electrons. The van der Waals surface area contributed by atoms with Crippen LogP contribution >= 0.6 is 11.6 Å². The first-order valence-electron chi connectivity index (χ1n) is 7.23. The number of carbonyl (C=O) groups excluding carboxylic acids is 1. The number of carbonyl (C=O) groups is 1. The molecule has 0 atom stereocenters. The van der Waals surface area contributed by atoms with Gasteiger partial charge in [0.2, 0.25) is 0 Å². The molecule has 0 unspecified atom stereocenters. The van der Waals surface area contributed by atoms with E-state index in [1.807, 2.05) is 6.07 Å². The van der Waals surface area contributed by atoms with Crippen LogP contribution in [0.25, 0.3) is 0 Å². The number of halogens is 1. The smallest absolute Gasteiger partial charge is 0.872 e. The van der Waals surface area contributed by atoms with Gasteiger partial charge in [0.1, 0.15) is 12.1 Å². The van der Waals surface area contributed by atoms with Gasteiger partial charge in [-0.25, -0.2) is 14.8 Å². The maximum absolute atomic E-state index is 11.5. The number of ether oxygens (including phenoxy) is 1. The fraction of sp³-hybridized carbons (Fsp3) is 0.0556. The van der Waals surface area contributed by atoms with Gasteiger partial charge in [0, 0.05) is 11.9 Å². The third-order valence-electron chi connectivity index (χ3n) is 2.97. The molecule has 0 saturated carbocycles. The van der Waals surface area contributed by atoms with E-state index in [1.54, 1.807) is 42.6 Å². The second-order valence-corrected chi connectivity index (χ2v) is 5.13. The number of nitrogens with zero attached hydrogens (tertiary/aromatic N) is 2. The summed E-state index contributed by atoms with van der Waals surface area (Å²) >= 11 is 5.92. The first kappa shape index (κ1) is 21.9. The number of nitrogens with one attached hydrogen (secondary N) is 1. The molecule has 0 radical (unpaired) electrons. The molecule has 2 aromatic carbocycles. The van der Waals surface area contributed by atoms with E-state index in [1.165, 1.54) is 25.6 Å². The Morgan fingerprint density at radius 2 is 1.88 bits per heavy atom. The maximum Gasteiger partial charge on any atom is 1.00 e. The molecule has 3 rings (SSSR count). The summed E-state index contributed by atoms with van der Waals surface area (Å²) in [7, 11) is 1.31. The fourth-order valence-corrected chi connectivity index (χ4v) is 2.00. The van der Waals surface area contributed by atoms with E-state index >= 15 is 0 Å². The minimum absolute atomic E-state index is 0. The molecule has 0 spiro atoms. The number of rotatable bonds is 3. The van der Waals surface area contributed by atoms with Crippen molar-refractivity contribution >= 4 is 29.1 Å². The summed E-state index contributed by atoms with van der Waals surface area (Å²) in [5, 5.41) is 13.6. The Morgan fingerprint density at radius 1 is 1.15 bits per heavy atom. The van der Waals surface area contributed by atoms with Gasteiger partial charge in [0.05, 0.1) is 17.7 Å². The number of methoxy groups -OCH3 is 1. The van der Waals surface area contributed by atoms with Crippen LogP contribution in [0.3, 0.4) is 0 Å². The van der Waals surface area contributed by atoms with Crippen molar-refractivity contribution in [1.29, 1.82) is 0 Å². The number of hydrogen-bond donors (Lipinski definition) is 1. The standard InChI is InChI=1S/C12H10ClN3O2.C6H6O.Na/c1-18-12(17)9-6-8(2-3-10(9)13)16-11-4-5-14-7-15-11;7-6-4-2-1-3-5-6;/h2-7H,1H3,(H,14,15,16);1-5,7H;/q;;+1/p-1. The van der Waals surface area contributed by atoms with Gasteiger partial charge in [0.15, 0.2) is 0 Å². The molecule has 0 aliphatic carbocycles. The minimum Gasteiger partial charge on any atom is -0.872 e. The van der Waals surface area contributed by atoms with Gasteiger partial charge in [-0.05, 0) is 24.3 Å². The van der Waals surface area contributed by atoms with Crippen molar-refractivity contribution in [2.75, 3.05) is 12.4 Å². The molecule has 8 heteroatoms. The molecule has 3 aromatic rings. The van der Waals surface area contributed by atoms with Crippen LogP contribution in [0.15, 0.2) is 67.1 Å². The second-order valence-electron chi connectivity index (χ2n) is 4.72. The van der Waals surface area contributed by atoms with Gasteiger partial charge in [-0.3, -0.25) is 0 Å². The van der Waals surface area contributed by atoms with E-state index < -0.39 is 5.97 Å². The summed E-state index contributed by atoms with van der Waals surface area (Å²) in [6.45, 7) is 0. The molecule has 1 heterocycles. The second kappa shape index (κ2) is 11.5. The zero-order valence-electron chi connectivity index (χ0n) is 14.3. The van der Waals surface area contributed by atoms with Gasteiger partial charge in [-0.1, -0.05) is 41.9 Å². The number of hydrogen-bond acceptors (Lipinski definition) is 6. The van der Waals surface area contributed by atoms with Crippen LogP contribution in [-0.2, 0) is 4.74 Å². The Hall–Kier alpha value is -2.12. The topological polar surface area (TPSA) is 87.2 Å². The van der Waals surface area contributed by atoms with Gasteiger partial charge in [-0.15, -0.1) is 5.75 Å². The molecule has 1 N–H and O–H groups in total. The zero-order chi connectivity index (χ0) is 18.1. The third-order valence-corrected chi connectivity index (χ3v) is 3.30. The molecular weight excluding hydrogens is 365 g/mol. The van der Waals surface area contributed by atoms with E-state index in [2.05, 4.69) is 20.0 Å². The van der Waals surface area contributed by atoms with Crippen LogP contribution in [0.1, 0.15) is 10.4 Å². The fourth-order valence-electron chi connectivity index (χ4n) is 1.80. The van der Waals surface area contributed by atoms with Crippen LogP contribution < -0.4 is 40.0 Å². The van der Waals surface area contributed by atoms with Gasteiger partial charge in [-0.2, -0.15) is 0 Å². The number of esters is 1. The van der Waals surface area contributed by atoms with Crippen molar-refractivity contribution in [3.63, 3.8) is 0 Å². The maximum atomic E-state index is 11.5. The SMILES string of the molecule is COC(=O)c1cc(Nc2ccncn2)ccc1Cl.[Na+].[O-]c1ccccc1. The van der Waals surface area contributed by atoms with E-state index in [0.29, 0.717) is 22.1 Å². The average molecular weight is 380 g/mol. The number of aromatic nitrogens is 2. The average Bonchev–Trinajstić information content (AvgIpc) is 2.65. The monoisotopic (exact) mass is 379 g/mol. The predicted octanol–water partition coefficient (Wildman–Crippen LogP) is 0.424. The summed E-state index contributed by atoms with van der Waals surface area (Å²) in [4.78, 5) is 19.3. The van der Waals surface area contributed by atoms with Gasteiger partial charge in [0.25, 0.3) is 0 Å². The Balaban J connectivity index is 0.000000357. The molecule has 1 aromatic heterocycles. The zero-order valence-corrected chi connectivity index (χ0v) is 17.1. The summed E-state index contributed by atoms with van der Waals surface area (Å²) in [6.07, 6.45) is 3.05. The Kier molecular flexibility index (Phi) is 9.69. The van der Waals surface area contributed by atoms with Crippen molar-refractivity contribution in [2.45, 2.75) is 0 Å². The van der Waals surface area contributed by atoms with Crippen molar-refractivity contribution in [3.8, 4) is 5.75 Å². The Labute approximate surface area is 178 Å². The van der Waals surface area contributed by atoms with Crippen molar-refractivity contribution < 1.29 is 44.2 Å². The molecular formula is C18H15ClN3NaO3. The summed E-state index contributed by atoms with van der Waals surface area (Å²) < 4.78 is 4.65. The van der Waals surface area contributed by atoms with Crippen LogP contribution in [-0.4, -0.2) is 23.0 Å². The molecule has 0 aliphatic heterocycles. The Morgan fingerprint density at radius 3 is 2.42 bits per heavy atom. The number of benzene rings is 2. The van der Waals surface area contributed by atoms with E-state index in [-0.39, 0.29) is 35.3 Å². The summed E-state index contributed by atoms with van der Waals surface area (Å²) in [6, 6.07) is 15.0. The minimum atomic E-state index is -0.480. The molecule has 0 saturated heterocycles. The van der Waals surface area contributed by atoms with Crippen LogP contribution in [0, 0.1) is 0 Å². The number of anilines is 2.